The van der Waals surface area contributed by atoms with E-state index in [1.165, 1.54) is 18.7 Å². The topological polar surface area (TPSA) is 96.2 Å². The van der Waals surface area contributed by atoms with Crippen LogP contribution >= 0.6 is 11.9 Å². The van der Waals surface area contributed by atoms with Crippen LogP contribution in [-0.2, 0) is 7.05 Å². The lowest BCUT2D eigenvalue weighted by atomic mass is 10.1. The van der Waals surface area contributed by atoms with Crippen molar-refractivity contribution in [3.05, 3.63) is 66.5 Å². The van der Waals surface area contributed by atoms with Crippen LogP contribution in [0.5, 0.6) is 0 Å². The molecule has 176 valence electrons. The Morgan fingerprint density at radius 3 is 2.65 bits per heavy atom. The number of amides is 1. The van der Waals surface area contributed by atoms with Gasteiger partial charge in [0, 0.05) is 43.5 Å². The second-order valence-electron chi connectivity index (χ2n) is 8.01. The van der Waals surface area contributed by atoms with Crippen molar-refractivity contribution in [1.82, 2.24) is 19.7 Å². The number of carbonyl (C=O) groups is 1. The number of pyridine rings is 2. The van der Waals surface area contributed by atoms with Crippen molar-refractivity contribution in [2.24, 2.45) is 7.05 Å². The second kappa shape index (κ2) is 10.6. The minimum absolute atomic E-state index is 0.280. The third kappa shape index (κ3) is 5.16. The van der Waals surface area contributed by atoms with E-state index in [4.69, 9.17) is 4.66 Å². The van der Waals surface area contributed by atoms with Crippen molar-refractivity contribution in [3.63, 3.8) is 0 Å². The number of halogens is 2. The number of nitrogens with one attached hydrogen (secondary N) is 1. The second-order valence-corrected chi connectivity index (χ2v) is 8.01. The van der Waals surface area contributed by atoms with Gasteiger partial charge in [0.2, 0.25) is 5.95 Å². The zero-order chi connectivity index (χ0) is 24.1. The number of piperidine rings is 1. The number of aromatic nitrogens is 4. The molecule has 8 nitrogen and oxygen atoms in total. The highest BCUT2D eigenvalue weighted by molar-refractivity contribution is 6.06. The van der Waals surface area contributed by atoms with E-state index in [2.05, 4.69) is 37.1 Å². The number of rotatable bonds is 4. The molecule has 1 aliphatic heterocycles. The van der Waals surface area contributed by atoms with E-state index in [9.17, 15) is 9.18 Å². The van der Waals surface area contributed by atoms with Crippen LogP contribution in [0.15, 0.2) is 54.9 Å². The van der Waals surface area contributed by atoms with E-state index in [0.717, 1.165) is 48.2 Å². The van der Waals surface area contributed by atoms with Gasteiger partial charge in [-0.15, -0.1) is 0 Å². The number of hydrogen-bond donors (Lipinski definition) is 2. The maximum Gasteiger partial charge on any atom is 0.274 e. The molecule has 0 bridgehead atoms. The predicted molar refractivity (Wildman–Crippen MR) is 130 cm³/mol. The normalized spacial score (nSPS) is 13.4. The van der Waals surface area contributed by atoms with Gasteiger partial charge in [0.25, 0.3) is 5.91 Å². The molecule has 0 radical (unpaired) electrons. The Hall–Kier alpha value is -3.56. The quantitative estimate of drug-likeness (QED) is 0.414. The molecular formula is C24H24ClFN6O2. The van der Waals surface area contributed by atoms with Crippen LogP contribution in [0.25, 0.3) is 22.2 Å². The summed E-state index contributed by atoms with van der Waals surface area (Å²) in [6.45, 7) is 1.90. The molecule has 1 saturated heterocycles. The van der Waals surface area contributed by atoms with Gasteiger partial charge in [-0.2, -0.15) is 9.49 Å². The monoisotopic (exact) mass is 482 g/mol. The van der Waals surface area contributed by atoms with E-state index in [-0.39, 0.29) is 11.6 Å². The van der Waals surface area contributed by atoms with Gasteiger partial charge in [-0.05, 0) is 55.7 Å². The van der Waals surface area contributed by atoms with E-state index < -0.39 is 5.95 Å². The number of benzene rings is 1. The summed E-state index contributed by atoms with van der Waals surface area (Å²) in [7, 11) is 1.89. The molecule has 1 aromatic carbocycles. The van der Waals surface area contributed by atoms with Crippen LogP contribution in [0.3, 0.4) is 0 Å². The molecule has 3 aromatic heterocycles. The van der Waals surface area contributed by atoms with Gasteiger partial charge in [0.1, 0.15) is 5.69 Å². The maximum atomic E-state index is 13.2. The van der Waals surface area contributed by atoms with Crippen LogP contribution in [-0.4, -0.2) is 43.4 Å². The van der Waals surface area contributed by atoms with Crippen molar-refractivity contribution in [2.45, 2.75) is 19.3 Å². The predicted octanol–water partition coefficient (Wildman–Crippen LogP) is 4.54. The van der Waals surface area contributed by atoms with Crippen LogP contribution in [0.2, 0.25) is 0 Å². The van der Waals surface area contributed by atoms with Gasteiger partial charge in [-0.25, -0.2) is 9.97 Å². The number of hydrogen-bond acceptors (Lipinski definition) is 6. The summed E-state index contributed by atoms with van der Waals surface area (Å²) in [4.78, 5) is 23.6. The summed E-state index contributed by atoms with van der Waals surface area (Å²) in [5, 5.41) is 8.55. The first-order valence-corrected chi connectivity index (χ1v) is 11.2. The van der Waals surface area contributed by atoms with Crippen molar-refractivity contribution in [3.8, 4) is 11.3 Å². The molecule has 0 spiro atoms. The fourth-order valence-corrected chi connectivity index (χ4v) is 4.12. The Morgan fingerprint density at radius 2 is 1.91 bits per heavy atom. The highest BCUT2D eigenvalue weighted by Gasteiger charge is 2.19. The molecule has 1 fully saturated rings. The molecule has 2 N–H and O–H groups in total. The Bertz CT molecular complexity index is 1290. The van der Waals surface area contributed by atoms with Crippen molar-refractivity contribution < 1.29 is 13.8 Å². The lowest BCUT2D eigenvalue weighted by Gasteiger charge is -2.30. The first kappa shape index (κ1) is 23.6. The number of aryl methyl sites for hydroxylation is 1. The Kier molecular flexibility index (Phi) is 7.34. The summed E-state index contributed by atoms with van der Waals surface area (Å²) in [6.07, 6.45) is 6.82. The lowest BCUT2D eigenvalue weighted by molar-refractivity contribution is 0.102. The molecule has 0 aliphatic carbocycles. The van der Waals surface area contributed by atoms with Gasteiger partial charge in [0.05, 0.1) is 34.5 Å². The molecule has 0 saturated carbocycles. The van der Waals surface area contributed by atoms with Gasteiger partial charge < -0.3 is 10.2 Å². The summed E-state index contributed by atoms with van der Waals surface area (Å²) >= 11 is 3.64. The number of anilines is 2. The Labute approximate surface area is 201 Å². The van der Waals surface area contributed by atoms with Crippen LogP contribution in [0.4, 0.5) is 15.8 Å². The summed E-state index contributed by atoms with van der Waals surface area (Å²) in [5.41, 5.74) is 4.10. The summed E-state index contributed by atoms with van der Waals surface area (Å²) in [5.74, 6) is -0.859. The molecule has 4 aromatic rings. The van der Waals surface area contributed by atoms with Crippen LogP contribution < -0.4 is 10.2 Å². The maximum absolute atomic E-state index is 13.2. The SMILES string of the molecule is Cn1cc2cc(NC(=O)c3cccc(-c4ccc(F)nc4)n3)c(N3CCCCC3)cc2n1.OCl. The zero-order valence-corrected chi connectivity index (χ0v) is 19.3. The molecule has 4 heterocycles. The lowest BCUT2D eigenvalue weighted by Crippen LogP contribution is -2.30. The summed E-state index contributed by atoms with van der Waals surface area (Å²) < 4.78 is 21.4. The molecular weight excluding hydrogens is 459 g/mol. The van der Waals surface area contributed by atoms with Gasteiger partial charge >= 0.3 is 0 Å². The van der Waals surface area contributed by atoms with E-state index in [1.54, 1.807) is 28.9 Å². The van der Waals surface area contributed by atoms with Crippen molar-refractivity contribution in [2.75, 3.05) is 23.3 Å². The first-order valence-electron chi connectivity index (χ1n) is 10.9. The average Bonchev–Trinajstić information content (AvgIpc) is 3.24. The van der Waals surface area contributed by atoms with Crippen molar-refractivity contribution >= 4 is 40.1 Å². The average molecular weight is 483 g/mol. The Morgan fingerprint density at radius 1 is 1.12 bits per heavy atom. The fourth-order valence-electron chi connectivity index (χ4n) is 4.12. The van der Waals surface area contributed by atoms with Gasteiger partial charge in [-0.1, -0.05) is 6.07 Å². The summed E-state index contributed by atoms with van der Waals surface area (Å²) in [6, 6.07) is 12.1. The number of nitrogens with zero attached hydrogens (tertiary/aromatic N) is 5. The molecule has 0 atom stereocenters. The third-order valence-corrected chi connectivity index (χ3v) is 5.69. The molecule has 5 rings (SSSR count). The standard InChI is InChI=1S/C24H23FN6O.ClHO/c1-30-15-17-12-21(22(13-20(17)29-30)31-10-3-2-4-11-31)28-24(32)19-7-5-6-18(27-19)16-8-9-23(25)26-14-16;1-2/h5-9,12-15H,2-4,10-11H2,1H3,(H,28,32);2H. The highest BCUT2D eigenvalue weighted by atomic mass is 35.5. The molecule has 1 amide bonds. The molecule has 0 unspecified atom stereocenters. The van der Waals surface area contributed by atoms with Crippen LogP contribution in [0, 0.1) is 5.95 Å². The fraction of sp³-hybridized carbons (Fsp3) is 0.250. The molecule has 10 heteroatoms. The first-order chi connectivity index (χ1) is 16.6. The number of fused-ring (bicyclic) bond motifs is 1. The van der Waals surface area contributed by atoms with E-state index >= 15 is 0 Å². The van der Waals surface area contributed by atoms with Gasteiger partial charge in [0.15, 0.2) is 0 Å². The van der Waals surface area contributed by atoms with E-state index in [0.29, 0.717) is 11.3 Å². The minimum Gasteiger partial charge on any atom is -0.370 e. The smallest absolute Gasteiger partial charge is 0.274 e. The van der Waals surface area contributed by atoms with E-state index in [1.807, 2.05) is 25.4 Å². The minimum atomic E-state index is -0.557. The largest absolute Gasteiger partial charge is 0.370 e. The highest BCUT2D eigenvalue weighted by Crippen LogP contribution is 2.33. The molecule has 1 aliphatic rings. The molecule has 34 heavy (non-hydrogen) atoms. The Balaban J connectivity index is 0.00000133. The van der Waals surface area contributed by atoms with Crippen LogP contribution in [0.1, 0.15) is 29.8 Å². The zero-order valence-electron chi connectivity index (χ0n) is 18.6. The third-order valence-electron chi connectivity index (χ3n) is 5.69. The van der Waals surface area contributed by atoms with Gasteiger partial charge in [-0.3, -0.25) is 14.1 Å². The number of carbonyl (C=O) groups excluding carboxylic acids is 1. The van der Waals surface area contributed by atoms with Crippen molar-refractivity contribution in [1.29, 1.82) is 0 Å².